The highest BCUT2D eigenvalue weighted by molar-refractivity contribution is 5.93. The van der Waals surface area contributed by atoms with Gasteiger partial charge in [0.1, 0.15) is 11.3 Å². The van der Waals surface area contributed by atoms with Crippen LogP contribution < -0.4 is 10.5 Å². The maximum absolute atomic E-state index is 12.8. The molecular formula is C17H18F3N5O2. The summed E-state index contributed by atoms with van der Waals surface area (Å²) >= 11 is 0. The van der Waals surface area contributed by atoms with Crippen molar-refractivity contribution >= 4 is 11.9 Å². The third-order valence-electron chi connectivity index (χ3n) is 4.35. The number of alkyl halides is 3. The van der Waals surface area contributed by atoms with Gasteiger partial charge in [0.05, 0.1) is 0 Å². The van der Waals surface area contributed by atoms with Crippen LogP contribution in [0, 0.1) is 0 Å². The molecule has 0 unspecified atom stereocenters. The first-order valence-corrected chi connectivity index (χ1v) is 8.37. The molecule has 1 amide bonds. The number of anilines is 1. The zero-order chi connectivity index (χ0) is 19.6. The number of carbonyl (C=O) groups excluding carboxylic acids is 1. The third kappa shape index (κ3) is 4.09. The highest BCUT2D eigenvalue weighted by atomic mass is 19.4. The lowest BCUT2D eigenvalue weighted by Gasteiger charge is -2.22. The number of rotatable bonds is 2. The molecule has 3 heterocycles. The van der Waals surface area contributed by atoms with Gasteiger partial charge >= 0.3 is 6.18 Å². The van der Waals surface area contributed by atoms with Gasteiger partial charge in [0.25, 0.3) is 11.5 Å². The van der Waals surface area contributed by atoms with Gasteiger partial charge in [0.2, 0.25) is 5.95 Å². The Kier molecular flexibility index (Phi) is 5.15. The molecule has 0 atom stereocenters. The van der Waals surface area contributed by atoms with Crippen molar-refractivity contribution in [1.29, 1.82) is 0 Å². The fourth-order valence-corrected chi connectivity index (χ4v) is 2.91. The molecule has 0 spiro atoms. The van der Waals surface area contributed by atoms with Crippen molar-refractivity contribution in [3.63, 3.8) is 0 Å². The van der Waals surface area contributed by atoms with E-state index in [1.165, 1.54) is 15.5 Å². The average Bonchev–Trinajstić information content (AvgIpc) is 2.89. The largest absolute Gasteiger partial charge is 0.433 e. The summed E-state index contributed by atoms with van der Waals surface area (Å²) in [5.74, 6) is -0.405. The van der Waals surface area contributed by atoms with Crippen molar-refractivity contribution in [1.82, 2.24) is 19.4 Å². The minimum Gasteiger partial charge on any atom is -0.339 e. The predicted molar refractivity (Wildman–Crippen MR) is 91.5 cm³/mol. The van der Waals surface area contributed by atoms with E-state index in [4.69, 9.17) is 0 Å². The number of amides is 1. The summed E-state index contributed by atoms with van der Waals surface area (Å²) in [6.07, 6.45) is -1.38. The highest BCUT2D eigenvalue weighted by Crippen LogP contribution is 2.28. The number of hydrogen-bond acceptors (Lipinski definition) is 5. The van der Waals surface area contributed by atoms with Gasteiger partial charge in [-0.05, 0) is 24.6 Å². The zero-order valence-electron chi connectivity index (χ0n) is 14.6. The van der Waals surface area contributed by atoms with Gasteiger partial charge in [0, 0.05) is 45.6 Å². The summed E-state index contributed by atoms with van der Waals surface area (Å²) in [7, 11) is 1.56. The van der Waals surface area contributed by atoms with E-state index < -0.39 is 11.9 Å². The van der Waals surface area contributed by atoms with Gasteiger partial charge in [-0.25, -0.2) is 9.97 Å². The first-order chi connectivity index (χ1) is 12.8. The van der Waals surface area contributed by atoms with Crippen molar-refractivity contribution in [2.24, 2.45) is 7.05 Å². The summed E-state index contributed by atoms with van der Waals surface area (Å²) in [6.45, 7) is 1.35. The van der Waals surface area contributed by atoms with E-state index in [1.807, 2.05) is 0 Å². The van der Waals surface area contributed by atoms with Crippen molar-refractivity contribution in [2.45, 2.75) is 12.6 Å². The molecule has 0 radical (unpaired) electrons. The van der Waals surface area contributed by atoms with Gasteiger partial charge < -0.3 is 14.4 Å². The normalized spacial score (nSPS) is 15.6. The van der Waals surface area contributed by atoms with Crippen LogP contribution >= 0.6 is 0 Å². The average molecular weight is 381 g/mol. The van der Waals surface area contributed by atoms with E-state index in [9.17, 15) is 22.8 Å². The Labute approximate surface area is 153 Å². The van der Waals surface area contributed by atoms with Crippen molar-refractivity contribution in [3.05, 3.63) is 52.2 Å². The van der Waals surface area contributed by atoms with Crippen LogP contribution in [-0.2, 0) is 13.2 Å². The maximum Gasteiger partial charge on any atom is 0.433 e. The van der Waals surface area contributed by atoms with Gasteiger partial charge in [-0.1, -0.05) is 0 Å². The first-order valence-electron chi connectivity index (χ1n) is 8.37. The molecule has 0 aliphatic carbocycles. The van der Waals surface area contributed by atoms with Crippen LogP contribution in [0.4, 0.5) is 19.1 Å². The Morgan fingerprint density at radius 3 is 2.67 bits per heavy atom. The van der Waals surface area contributed by atoms with Gasteiger partial charge in [-0.15, -0.1) is 0 Å². The smallest absolute Gasteiger partial charge is 0.339 e. The van der Waals surface area contributed by atoms with Crippen molar-refractivity contribution < 1.29 is 18.0 Å². The molecule has 3 rings (SSSR count). The molecule has 2 aromatic heterocycles. The number of halogens is 3. The monoisotopic (exact) mass is 381 g/mol. The molecule has 0 bridgehead atoms. The zero-order valence-corrected chi connectivity index (χ0v) is 14.6. The van der Waals surface area contributed by atoms with Crippen LogP contribution in [0.5, 0.6) is 0 Å². The van der Waals surface area contributed by atoms with E-state index in [1.54, 1.807) is 24.2 Å². The quantitative estimate of drug-likeness (QED) is 0.789. The molecule has 27 heavy (non-hydrogen) atoms. The lowest BCUT2D eigenvalue weighted by molar-refractivity contribution is -0.141. The summed E-state index contributed by atoms with van der Waals surface area (Å²) in [5, 5.41) is 0. The molecule has 0 aromatic carbocycles. The second-order valence-electron chi connectivity index (χ2n) is 6.21. The standard InChI is InChI=1S/C17H18F3N5O2/c1-23-7-2-4-12(14(23)26)15(27)24-8-3-9-25(11-10-24)16-21-6-5-13(22-16)17(18,19)20/h2,4-7H,3,8-11H2,1H3. The second kappa shape index (κ2) is 7.37. The molecule has 1 aliphatic heterocycles. The fourth-order valence-electron chi connectivity index (χ4n) is 2.91. The number of carbonyl (C=O) groups is 1. The van der Waals surface area contributed by atoms with E-state index in [0.29, 0.717) is 19.5 Å². The number of aryl methyl sites for hydroxylation is 1. The number of aromatic nitrogens is 3. The fraction of sp³-hybridized carbons (Fsp3) is 0.412. The molecule has 2 aromatic rings. The Morgan fingerprint density at radius 1 is 1.15 bits per heavy atom. The van der Waals surface area contributed by atoms with Crippen molar-refractivity contribution in [3.8, 4) is 0 Å². The highest BCUT2D eigenvalue weighted by Gasteiger charge is 2.33. The Balaban J connectivity index is 1.75. The molecular weight excluding hydrogens is 363 g/mol. The molecule has 10 heteroatoms. The predicted octanol–water partition coefficient (Wildman–Crippen LogP) is 1.55. The topological polar surface area (TPSA) is 71.3 Å². The number of pyridine rings is 1. The van der Waals surface area contributed by atoms with Gasteiger partial charge in [-0.3, -0.25) is 9.59 Å². The lowest BCUT2D eigenvalue weighted by atomic mass is 10.2. The molecule has 0 N–H and O–H groups in total. The summed E-state index contributed by atoms with van der Waals surface area (Å²) < 4.78 is 39.9. The van der Waals surface area contributed by atoms with Crippen molar-refractivity contribution in [2.75, 3.05) is 31.1 Å². The second-order valence-corrected chi connectivity index (χ2v) is 6.21. The first kappa shape index (κ1) is 18.9. The van der Waals surface area contributed by atoms with Crippen LogP contribution in [0.25, 0.3) is 0 Å². The molecule has 144 valence electrons. The van der Waals surface area contributed by atoms with Gasteiger partial charge in [0.15, 0.2) is 0 Å². The van der Waals surface area contributed by atoms with E-state index in [2.05, 4.69) is 9.97 Å². The van der Waals surface area contributed by atoms with E-state index in [0.717, 1.165) is 12.3 Å². The summed E-state index contributed by atoms with van der Waals surface area (Å²) in [5.41, 5.74) is -1.31. The maximum atomic E-state index is 12.8. The minimum atomic E-state index is -4.54. The molecule has 0 saturated carbocycles. The van der Waals surface area contributed by atoms with E-state index in [-0.39, 0.29) is 36.1 Å². The summed E-state index contributed by atoms with van der Waals surface area (Å²) in [4.78, 5) is 35.5. The SMILES string of the molecule is Cn1cccc(C(=O)N2CCCN(c3nccc(C(F)(F)F)n3)CC2)c1=O. The molecule has 1 saturated heterocycles. The molecule has 1 fully saturated rings. The third-order valence-corrected chi connectivity index (χ3v) is 4.35. The van der Waals surface area contributed by atoms with Crippen LogP contribution in [0.15, 0.2) is 35.4 Å². The Hall–Kier alpha value is -2.91. The molecule has 7 nitrogen and oxygen atoms in total. The lowest BCUT2D eigenvalue weighted by Crippen LogP contribution is -2.38. The Bertz CT molecular complexity index is 897. The van der Waals surface area contributed by atoms with Crippen LogP contribution in [0.3, 0.4) is 0 Å². The summed E-state index contributed by atoms with van der Waals surface area (Å²) in [6, 6.07) is 3.92. The van der Waals surface area contributed by atoms with Crippen LogP contribution in [0.1, 0.15) is 22.5 Å². The number of nitrogens with zero attached hydrogens (tertiary/aromatic N) is 5. The number of hydrogen-bond donors (Lipinski definition) is 0. The van der Waals surface area contributed by atoms with Crippen LogP contribution in [0.2, 0.25) is 0 Å². The van der Waals surface area contributed by atoms with Gasteiger partial charge in [-0.2, -0.15) is 13.2 Å². The minimum absolute atomic E-state index is 0.0188. The Morgan fingerprint density at radius 2 is 1.93 bits per heavy atom. The van der Waals surface area contributed by atoms with Crippen LogP contribution in [-0.4, -0.2) is 51.5 Å². The van der Waals surface area contributed by atoms with E-state index >= 15 is 0 Å². The molecule has 1 aliphatic rings.